The summed E-state index contributed by atoms with van der Waals surface area (Å²) in [5.41, 5.74) is -0.683. The van der Waals surface area contributed by atoms with Crippen LogP contribution in [0.2, 0.25) is 0 Å². The van der Waals surface area contributed by atoms with Gasteiger partial charge in [-0.3, -0.25) is 14.9 Å². The molecule has 0 fully saturated rings. The predicted octanol–water partition coefficient (Wildman–Crippen LogP) is 2.48. The van der Waals surface area contributed by atoms with Crippen molar-refractivity contribution in [2.45, 2.75) is 12.8 Å². The normalized spacial score (nSPS) is 10.1. The molecule has 1 aromatic carbocycles. The van der Waals surface area contributed by atoms with Crippen LogP contribution in [0, 0.1) is 15.9 Å². The second-order valence-corrected chi connectivity index (χ2v) is 3.95. The van der Waals surface area contributed by atoms with Gasteiger partial charge in [0.05, 0.1) is 11.0 Å². The number of carbonyl (C=O) groups is 1. The molecule has 0 aliphatic rings. The van der Waals surface area contributed by atoms with Gasteiger partial charge in [-0.05, 0) is 25.0 Å². The fourth-order valence-corrected chi connectivity index (χ4v) is 1.55. The summed E-state index contributed by atoms with van der Waals surface area (Å²) < 4.78 is 12.9. The van der Waals surface area contributed by atoms with Gasteiger partial charge in [0.15, 0.2) is 0 Å². The number of alkyl halides is 1. The third-order valence-corrected chi connectivity index (χ3v) is 2.51. The van der Waals surface area contributed by atoms with E-state index >= 15 is 0 Å². The van der Waals surface area contributed by atoms with Gasteiger partial charge in [-0.1, -0.05) is 0 Å². The molecule has 0 saturated carbocycles. The van der Waals surface area contributed by atoms with Crippen LogP contribution in [-0.2, 0) is 0 Å². The van der Waals surface area contributed by atoms with Crippen molar-refractivity contribution in [1.82, 2.24) is 5.32 Å². The second kappa shape index (κ2) is 6.90. The van der Waals surface area contributed by atoms with Crippen LogP contribution in [0.5, 0.6) is 0 Å². The highest BCUT2D eigenvalue weighted by Gasteiger charge is 2.20. The van der Waals surface area contributed by atoms with E-state index in [0.29, 0.717) is 18.8 Å². The summed E-state index contributed by atoms with van der Waals surface area (Å²) >= 11 is 5.47. The number of unbranched alkanes of at least 4 members (excludes halogenated alkanes) is 1. The zero-order chi connectivity index (χ0) is 13.5. The Hall–Kier alpha value is -1.69. The molecule has 0 bridgehead atoms. The first-order valence-corrected chi connectivity index (χ1v) is 5.88. The van der Waals surface area contributed by atoms with Gasteiger partial charge in [0.2, 0.25) is 0 Å². The van der Waals surface area contributed by atoms with Crippen molar-refractivity contribution < 1.29 is 14.1 Å². The maximum absolute atomic E-state index is 12.9. The van der Waals surface area contributed by atoms with Gasteiger partial charge in [0, 0.05) is 12.4 Å². The Labute approximate surface area is 108 Å². The van der Waals surface area contributed by atoms with Crippen molar-refractivity contribution >= 4 is 23.2 Å². The van der Waals surface area contributed by atoms with E-state index in [1.54, 1.807) is 0 Å². The minimum atomic E-state index is -0.781. The van der Waals surface area contributed by atoms with E-state index in [0.717, 1.165) is 24.6 Å². The summed E-state index contributed by atoms with van der Waals surface area (Å²) in [6.07, 6.45) is 1.43. The lowest BCUT2D eigenvalue weighted by atomic mass is 10.1. The fraction of sp³-hybridized carbons (Fsp3) is 0.364. The first kappa shape index (κ1) is 14.4. The monoisotopic (exact) mass is 274 g/mol. The molecular formula is C11H12ClFN2O3. The number of nitro benzene ring substituents is 1. The van der Waals surface area contributed by atoms with Gasteiger partial charge >= 0.3 is 0 Å². The highest BCUT2D eigenvalue weighted by molar-refractivity contribution is 6.17. The Morgan fingerprint density at radius 2 is 2.17 bits per heavy atom. The van der Waals surface area contributed by atoms with Gasteiger partial charge in [-0.2, -0.15) is 0 Å². The number of hydrogen-bond acceptors (Lipinski definition) is 3. The molecule has 1 amide bonds. The minimum absolute atomic E-state index is 0.146. The number of nitrogens with one attached hydrogen (secondary N) is 1. The molecule has 1 N–H and O–H groups in total. The quantitative estimate of drug-likeness (QED) is 0.375. The number of halogens is 2. The van der Waals surface area contributed by atoms with Crippen LogP contribution in [0.4, 0.5) is 10.1 Å². The van der Waals surface area contributed by atoms with E-state index in [4.69, 9.17) is 11.6 Å². The molecule has 0 aromatic heterocycles. The lowest BCUT2D eigenvalue weighted by molar-refractivity contribution is -0.385. The maximum atomic E-state index is 12.9. The molecule has 0 spiro atoms. The smallest absolute Gasteiger partial charge is 0.285 e. The third kappa shape index (κ3) is 3.96. The Morgan fingerprint density at radius 3 is 2.78 bits per heavy atom. The van der Waals surface area contributed by atoms with Crippen LogP contribution in [0.15, 0.2) is 18.2 Å². The maximum Gasteiger partial charge on any atom is 0.285 e. The highest BCUT2D eigenvalue weighted by atomic mass is 35.5. The average Bonchev–Trinajstić information content (AvgIpc) is 2.34. The van der Waals surface area contributed by atoms with Gasteiger partial charge < -0.3 is 5.32 Å². The molecule has 5 nitrogen and oxygen atoms in total. The molecule has 0 radical (unpaired) electrons. The number of carbonyl (C=O) groups excluding carboxylic acids is 1. The van der Waals surface area contributed by atoms with Crippen molar-refractivity contribution in [3.8, 4) is 0 Å². The summed E-state index contributed by atoms with van der Waals surface area (Å²) in [6.45, 7) is 0.375. The molecule has 1 aromatic rings. The number of nitrogens with zero attached hydrogens (tertiary/aromatic N) is 1. The van der Waals surface area contributed by atoms with Crippen molar-refractivity contribution in [2.24, 2.45) is 0 Å². The Kier molecular flexibility index (Phi) is 5.51. The van der Waals surface area contributed by atoms with Crippen molar-refractivity contribution in [1.29, 1.82) is 0 Å². The van der Waals surface area contributed by atoms with Crippen LogP contribution in [0.1, 0.15) is 23.2 Å². The number of nitro groups is 1. The van der Waals surface area contributed by atoms with Crippen LogP contribution < -0.4 is 5.32 Å². The molecule has 0 atom stereocenters. The van der Waals surface area contributed by atoms with Crippen molar-refractivity contribution in [3.05, 3.63) is 39.7 Å². The van der Waals surface area contributed by atoms with E-state index in [2.05, 4.69) is 5.32 Å². The second-order valence-electron chi connectivity index (χ2n) is 3.57. The van der Waals surface area contributed by atoms with E-state index in [1.807, 2.05) is 0 Å². The van der Waals surface area contributed by atoms with Crippen LogP contribution >= 0.6 is 11.6 Å². The van der Waals surface area contributed by atoms with E-state index < -0.39 is 22.3 Å². The van der Waals surface area contributed by atoms with E-state index in [1.165, 1.54) is 0 Å². The molecule has 0 heterocycles. The average molecular weight is 275 g/mol. The molecule has 98 valence electrons. The lowest BCUT2D eigenvalue weighted by Crippen LogP contribution is -2.25. The summed E-state index contributed by atoms with van der Waals surface area (Å²) in [4.78, 5) is 21.6. The molecular weight excluding hydrogens is 263 g/mol. The summed E-state index contributed by atoms with van der Waals surface area (Å²) in [6, 6.07) is 2.85. The number of hydrogen-bond donors (Lipinski definition) is 1. The first-order chi connectivity index (χ1) is 8.56. The van der Waals surface area contributed by atoms with Crippen LogP contribution in [-0.4, -0.2) is 23.3 Å². The van der Waals surface area contributed by atoms with Crippen molar-refractivity contribution in [2.75, 3.05) is 12.4 Å². The lowest BCUT2D eigenvalue weighted by Gasteiger charge is -2.05. The standard InChI is InChI=1S/C11H12ClFN2O3/c12-5-1-2-6-14-11(16)9-4-3-8(13)7-10(9)15(17)18/h3-4,7H,1-2,5-6H2,(H,14,16). The molecule has 18 heavy (non-hydrogen) atoms. The van der Waals surface area contributed by atoms with E-state index in [9.17, 15) is 19.3 Å². The predicted molar refractivity (Wildman–Crippen MR) is 65.3 cm³/mol. The SMILES string of the molecule is O=C(NCCCCCl)c1ccc(F)cc1[N+](=O)[O-]. The third-order valence-electron chi connectivity index (χ3n) is 2.25. The highest BCUT2D eigenvalue weighted by Crippen LogP contribution is 2.19. The molecule has 0 unspecified atom stereocenters. The van der Waals surface area contributed by atoms with Crippen LogP contribution in [0.25, 0.3) is 0 Å². The van der Waals surface area contributed by atoms with Crippen molar-refractivity contribution in [3.63, 3.8) is 0 Å². The first-order valence-electron chi connectivity index (χ1n) is 5.34. The summed E-state index contributed by atoms with van der Waals surface area (Å²) in [7, 11) is 0. The van der Waals surface area contributed by atoms with Crippen LogP contribution in [0.3, 0.4) is 0 Å². The largest absolute Gasteiger partial charge is 0.352 e. The minimum Gasteiger partial charge on any atom is -0.352 e. The number of rotatable bonds is 6. The number of amides is 1. The zero-order valence-electron chi connectivity index (χ0n) is 9.49. The summed E-state index contributed by atoms with van der Waals surface area (Å²) in [5.74, 6) is -0.844. The molecule has 0 saturated heterocycles. The topological polar surface area (TPSA) is 72.2 Å². The summed E-state index contributed by atoms with van der Waals surface area (Å²) in [5, 5.41) is 13.2. The van der Waals surface area contributed by atoms with Gasteiger partial charge in [-0.25, -0.2) is 4.39 Å². The van der Waals surface area contributed by atoms with Gasteiger partial charge in [-0.15, -0.1) is 11.6 Å². The number of benzene rings is 1. The Bertz CT molecular complexity index is 454. The molecule has 0 aliphatic carbocycles. The molecule has 1 rings (SSSR count). The van der Waals surface area contributed by atoms with Gasteiger partial charge in [0.25, 0.3) is 11.6 Å². The fourth-order valence-electron chi connectivity index (χ4n) is 1.36. The molecule has 0 aliphatic heterocycles. The van der Waals surface area contributed by atoms with Gasteiger partial charge in [0.1, 0.15) is 11.4 Å². The Balaban J connectivity index is 2.76. The van der Waals surface area contributed by atoms with E-state index in [-0.39, 0.29) is 5.56 Å². The molecule has 7 heteroatoms. The zero-order valence-corrected chi connectivity index (χ0v) is 10.2. The Morgan fingerprint density at radius 1 is 1.44 bits per heavy atom.